The largest absolute Gasteiger partial charge is 0.391 e. The van der Waals surface area contributed by atoms with Crippen LogP contribution in [0.25, 0.3) is 0 Å². The number of carbonyl (C=O) groups excluding carboxylic acids is 1. The van der Waals surface area contributed by atoms with Gasteiger partial charge in [0.2, 0.25) is 5.91 Å². The van der Waals surface area contributed by atoms with Gasteiger partial charge in [-0.25, -0.2) is 0 Å². The minimum absolute atomic E-state index is 0.00775. The third-order valence-corrected chi connectivity index (χ3v) is 3.64. The van der Waals surface area contributed by atoms with Gasteiger partial charge >= 0.3 is 0 Å². The van der Waals surface area contributed by atoms with Crippen molar-refractivity contribution in [1.82, 2.24) is 5.32 Å². The molecule has 0 spiro atoms. The molecule has 1 unspecified atom stereocenters. The zero-order valence-electron chi connectivity index (χ0n) is 9.69. The second kappa shape index (κ2) is 5.48. The van der Waals surface area contributed by atoms with Crippen LogP contribution in [0.1, 0.15) is 44.9 Å². The number of allylic oxidation sites excluding steroid dienone is 2. The van der Waals surface area contributed by atoms with E-state index < -0.39 is 0 Å². The van der Waals surface area contributed by atoms with Gasteiger partial charge in [0.05, 0.1) is 12.1 Å². The van der Waals surface area contributed by atoms with Crippen LogP contribution in [-0.2, 0) is 4.79 Å². The van der Waals surface area contributed by atoms with E-state index in [0.717, 1.165) is 38.5 Å². The second-order valence-corrected chi connectivity index (χ2v) is 5.00. The van der Waals surface area contributed by atoms with Crippen molar-refractivity contribution in [3.05, 3.63) is 12.2 Å². The molecule has 0 aromatic rings. The molecule has 2 aliphatic carbocycles. The Hall–Kier alpha value is -0.830. The minimum Gasteiger partial charge on any atom is -0.391 e. The van der Waals surface area contributed by atoms with E-state index in [1.165, 1.54) is 0 Å². The quantitative estimate of drug-likeness (QED) is 0.716. The van der Waals surface area contributed by atoms with E-state index in [0.29, 0.717) is 12.3 Å². The normalized spacial score (nSPS) is 33.9. The number of carbonyl (C=O) groups is 1. The van der Waals surface area contributed by atoms with E-state index in [2.05, 4.69) is 17.5 Å². The maximum absolute atomic E-state index is 11.8. The van der Waals surface area contributed by atoms with Gasteiger partial charge < -0.3 is 10.4 Å². The standard InChI is InChI=1S/C13H21NO2/c15-12-8-4-3-7-11(12)14-13(16)9-10-5-1-2-6-10/h1,5,10-12,15H,2-4,6-9H2,(H,14,16)/t10?,11-,12-/m0/s1. The lowest BCUT2D eigenvalue weighted by atomic mass is 9.92. The molecular weight excluding hydrogens is 202 g/mol. The molecule has 0 aromatic heterocycles. The fourth-order valence-electron chi connectivity index (χ4n) is 2.65. The second-order valence-electron chi connectivity index (χ2n) is 5.00. The topological polar surface area (TPSA) is 49.3 Å². The fraction of sp³-hybridized carbons (Fsp3) is 0.769. The summed E-state index contributed by atoms with van der Waals surface area (Å²) in [4.78, 5) is 11.8. The monoisotopic (exact) mass is 223 g/mol. The predicted molar refractivity (Wildman–Crippen MR) is 62.9 cm³/mol. The molecule has 90 valence electrons. The SMILES string of the molecule is O=C(CC1C=CCC1)N[C@H]1CCCC[C@@H]1O. The van der Waals surface area contributed by atoms with Crippen molar-refractivity contribution in [2.45, 2.75) is 57.1 Å². The van der Waals surface area contributed by atoms with Gasteiger partial charge in [-0.2, -0.15) is 0 Å². The smallest absolute Gasteiger partial charge is 0.220 e. The molecule has 3 atom stereocenters. The van der Waals surface area contributed by atoms with Crippen LogP contribution in [-0.4, -0.2) is 23.2 Å². The number of rotatable bonds is 3. The average molecular weight is 223 g/mol. The molecule has 16 heavy (non-hydrogen) atoms. The molecular formula is C13H21NO2. The highest BCUT2D eigenvalue weighted by atomic mass is 16.3. The Morgan fingerprint density at radius 2 is 2.12 bits per heavy atom. The lowest BCUT2D eigenvalue weighted by Crippen LogP contribution is -2.45. The summed E-state index contributed by atoms with van der Waals surface area (Å²) in [5.41, 5.74) is 0. The summed E-state index contributed by atoms with van der Waals surface area (Å²) in [6, 6.07) is -0.00775. The van der Waals surface area contributed by atoms with Gasteiger partial charge in [0.15, 0.2) is 0 Å². The Morgan fingerprint density at radius 3 is 2.81 bits per heavy atom. The molecule has 2 N–H and O–H groups in total. The van der Waals surface area contributed by atoms with E-state index in [4.69, 9.17) is 0 Å². The number of amides is 1. The number of aliphatic hydroxyl groups is 1. The molecule has 2 rings (SSSR count). The molecule has 0 saturated heterocycles. The molecule has 0 aliphatic heterocycles. The highest BCUT2D eigenvalue weighted by molar-refractivity contribution is 5.76. The number of aliphatic hydroxyl groups excluding tert-OH is 1. The number of nitrogens with one attached hydrogen (secondary N) is 1. The van der Waals surface area contributed by atoms with Gasteiger partial charge in [0.1, 0.15) is 0 Å². The van der Waals surface area contributed by atoms with Crippen LogP contribution >= 0.6 is 0 Å². The van der Waals surface area contributed by atoms with Crippen molar-refractivity contribution in [2.75, 3.05) is 0 Å². The molecule has 1 amide bonds. The lowest BCUT2D eigenvalue weighted by molar-refractivity contribution is -0.123. The van der Waals surface area contributed by atoms with Crippen molar-refractivity contribution in [3.8, 4) is 0 Å². The third kappa shape index (κ3) is 3.08. The third-order valence-electron chi connectivity index (χ3n) is 3.64. The zero-order chi connectivity index (χ0) is 11.4. The zero-order valence-corrected chi connectivity index (χ0v) is 9.69. The predicted octanol–water partition coefficient (Wildman–Crippen LogP) is 1.76. The van der Waals surface area contributed by atoms with Crippen LogP contribution in [0.2, 0.25) is 0 Å². The number of hydrogen-bond donors (Lipinski definition) is 2. The number of hydrogen-bond acceptors (Lipinski definition) is 2. The highest BCUT2D eigenvalue weighted by Crippen LogP contribution is 2.22. The van der Waals surface area contributed by atoms with Gasteiger partial charge in [0, 0.05) is 6.42 Å². The Labute approximate surface area is 96.9 Å². The summed E-state index contributed by atoms with van der Waals surface area (Å²) < 4.78 is 0. The van der Waals surface area contributed by atoms with E-state index in [-0.39, 0.29) is 18.1 Å². The first kappa shape index (κ1) is 11.6. The van der Waals surface area contributed by atoms with Crippen LogP contribution in [0.4, 0.5) is 0 Å². The molecule has 1 fully saturated rings. The van der Waals surface area contributed by atoms with Gasteiger partial charge in [0.25, 0.3) is 0 Å². The van der Waals surface area contributed by atoms with Crippen LogP contribution in [0.15, 0.2) is 12.2 Å². The molecule has 0 aromatic carbocycles. The Morgan fingerprint density at radius 1 is 1.31 bits per heavy atom. The van der Waals surface area contributed by atoms with E-state index in [1.54, 1.807) is 0 Å². The maximum atomic E-state index is 11.8. The first-order valence-electron chi connectivity index (χ1n) is 6.40. The van der Waals surface area contributed by atoms with E-state index in [1.807, 2.05) is 0 Å². The van der Waals surface area contributed by atoms with Gasteiger partial charge in [-0.05, 0) is 31.6 Å². The first-order chi connectivity index (χ1) is 7.75. The summed E-state index contributed by atoms with van der Waals surface area (Å²) in [7, 11) is 0. The molecule has 3 nitrogen and oxygen atoms in total. The summed E-state index contributed by atoms with van der Waals surface area (Å²) in [6.07, 6.45) is 10.7. The van der Waals surface area contributed by atoms with Crippen LogP contribution < -0.4 is 5.32 Å². The molecule has 2 aliphatic rings. The van der Waals surface area contributed by atoms with Crippen molar-refractivity contribution in [2.24, 2.45) is 5.92 Å². The molecule has 3 heteroatoms. The van der Waals surface area contributed by atoms with Gasteiger partial charge in [-0.15, -0.1) is 0 Å². The van der Waals surface area contributed by atoms with Crippen LogP contribution in [0.3, 0.4) is 0 Å². The fourth-order valence-corrected chi connectivity index (χ4v) is 2.65. The lowest BCUT2D eigenvalue weighted by Gasteiger charge is -2.28. The van der Waals surface area contributed by atoms with Crippen molar-refractivity contribution in [3.63, 3.8) is 0 Å². The van der Waals surface area contributed by atoms with E-state index in [9.17, 15) is 9.90 Å². The van der Waals surface area contributed by atoms with Crippen LogP contribution in [0.5, 0.6) is 0 Å². The summed E-state index contributed by atoms with van der Waals surface area (Å²) in [5, 5.41) is 12.7. The maximum Gasteiger partial charge on any atom is 0.220 e. The van der Waals surface area contributed by atoms with Crippen molar-refractivity contribution in [1.29, 1.82) is 0 Å². The summed E-state index contributed by atoms with van der Waals surface area (Å²) in [5.74, 6) is 0.517. The van der Waals surface area contributed by atoms with Gasteiger partial charge in [-0.1, -0.05) is 25.0 Å². The molecule has 1 saturated carbocycles. The summed E-state index contributed by atoms with van der Waals surface area (Å²) in [6.45, 7) is 0. The molecule has 0 bridgehead atoms. The van der Waals surface area contributed by atoms with Crippen molar-refractivity contribution >= 4 is 5.91 Å². The van der Waals surface area contributed by atoms with E-state index >= 15 is 0 Å². The highest BCUT2D eigenvalue weighted by Gasteiger charge is 2.25. The Bertz CT molecular complexity index is 275. The first-order valence-corrected chi connectivity index (χ1v) is 6.40. The van der Waals surface area contributed by atoms with Gasteiger partial charge in [-0.3, -0.25) is 4.79 Å². The average Bonchev–Trinajstić information content (AvgIpc) is 2.74. The molecule has 0 radical (unpaired) electrons. The minimum atomic E-state index is -0.336. The molecule has 0 heterocycles. The van der Waals surface area contributed by atoms with Crippen LogP contribution in [0, 0.1) is 5.92 Å². The van der Waals surface area contributed by atoms with Crippen molar-refractivity contribution < 1.29 is 9.90 Å². The Kier molecular flexibility index (Phi) is 3.99. The Balaban J connectivity index is 1.75. The summed E-state index contributed by atoms with van der Waals surface area (Å²) >= 11 is 0.